The lowest BCUT2D eigenvalue weighted by molar-refractivity contribution is 0.0958. The molecule has 0 atom stereocenters. The Kier molecular flexibility index (Phi) is 4.39. The standard InChI is InChI=1S/C18H15N3O2S/c1-2-10-19-16(22)12-8-9-14-15(11-12)20-18(24)21(17(14)23)13-6-4-3-5-7-13/h2-9,11H,1,10H2,(H,19,22)(H,20,24). The maximum Gasteiger partial charge on any atom is 0.266 e. The van der Waals surface area contributed by atoms with E-state index in [2.05, 4.69) is 16.9 Å². The van der Waals surface area contributed by atoms with Gasteiger partial charge in [-0.25, -0.2) is 0 Å². The summed E-state index contributed by atoms with van der Waals surface area (Å²) < 4.78 is 1.72. The molecule has 0 radical (unpaired) electrons. The van der Waals surface area contributed by atoms with Crippen molar-refractivity contribution >= 4 is 29.0 Å². The third-order valence-corrected chi connectivity index (χ3v) is 3.87. The Morgan fingerprint density at radius 1 is 1.25 bits per heavy atom. The third kappa shape index (κ3) is 2.91. The predicted molar refractivity (Wildman–Crippen MR) is 97.3 cm³/mol. The molecule has 2 N–H and O–H groups in total. The first-order valence-corrected chi connectivity index (χ1v) is 7.76. The third-order valence-electron chi connectivity index (χ3n) is 3.58. The van der Waals surface area contributed by atoms with Gasteiger partial charge in [0.15, 0.2) is 4.77 Å². The van der Waals surface area contributed by atoms with E-state index >= 15 is 0 Å². The summed E-state index contributed by atoms with van der Waals surface area (Å²) in [5.74, 6) is -0.233. The molecule has 0 bridgehead atoms. The van der Waals surface area contributed by atoms with Crippen molar-refractivity contribution < 1.29 is 4.79 Å². The van der Waals surface area contributed by atoms with E-state index in [9.17, 15) is 9.59 Å². The SMILES string of the molecule is C=CCNC(=O)c1ccc2c(=O)n(-c3ccccc3)c(=S)[nH]c2c1. The average Bonchev–Trinajstić information content (AvgIpc) is 2.60. The van der Waals surface area contributed by atoms with Crippen LogP contribution in [-0.2, 0) is 0 Å². The minimum absolute atomic E-state index is 0.224. The predicted octanol–water partition coefficient (Wildman–Crippen LogP) is 2.96. The molecule has 0 aliphatic rings. The number of aromatic nitrogens is 2. The van der Waals surface area contributed by atoms with Crippen LogP contribution in [0.1, 0.15) is 10.4 Å². The summed E-state index contributed by atoms with van der Waals surface area (Å²) in [6.45, 7) is 3.94. The number of para-hydroxylation sites is 1. The van der Waals surface area contributed by atoms with Crippen molar-refractivity contribution in [3.05, 3.63) is 81.9 Å². The van der Waals surface area contributed by atoms with Gasteiger partial charge in [0, 0.05) is 12.1 Å². The van der Waals surface area contributed by atoms with Crippen molar-refractivity contribution in [2.45, 2.75) is 0 Å². The molecule has 1 amide bonds. The monoisotopic (exact) mass is 337 g/mol. The second kappa shape index (κ2) is 6.64. The molecule has 0 aliphatic heterocycles. The minimum Gasteiger partial charge on any atom is -0.349 e. The van der Waals surface area contributed by atoms with Crippen LogP contribution in [-0.4, -0.2) is 22.0 Å². The normalized spacial score (nSPS) is 10.5. The van der Waals surface area contributed by atoms with Gasteiger partial charge >= 0.3 is 0 Å². The topological polar surface area (TPSA) is 66.9 Å². The van der Waals surface area contributed by atoms with Crippen LogP contribution in [0.25, 0.3) is 16.6 Å². The number of carbonyl (C=O) groups excluding carboxylic acids is 1. The lowest BCUT2D eigenvalue weighted by Crippen LogP contribution is -2.24. The Morgan fingerprint density at radius 2 is 2.00 bits per heavy atom. The summed E-state index contributed by atoms with van der Waals surface area (Å²) in [6, 6.07) is 14.1. The quantitative estimate of drug-likeness (QED) is 0.568. The lowest BCUT2D eigenvalue weighted by atomic mass is 10.1. The molecule has 24 heavy (non-hydrogen) atoms. The van der Waals surface area contributed by atoms with Crippen LogP contribution in [0.3, 0.4) is 0 Å². The molecule has 3 aromatic rings. The first-order valence-electron chi connectivity index (χ1n) is 7.35. The zero-order valence-electron chi connectivity index (χ0n) is 12.8. The van der Waals surface area contributed by atoms with Gasteiger partial charge in [0.05, 0.1) is 16.6 Å². The van der Waals surface area contributed by atoms with Crippen LogP contribution in [0.2, 0.25) is 0 Å². The number of hydrogen-bond donors (Lipinski definition) is 2. The molecular weight excluding hydrogens is 322 g/mol. The molecule has 1 aromatic heterocycles. The Labute approximate surface area is 143 Å². The number of benzene rings is 2. The van der Waals surface area contributed by atoms with Crippen molar-refractivity contribution in [2.24, 2.45) is 0 Å². The van der Waals surface area contributed by atoms with Crippen LogP contribution < -0.4 is 10.9 Å². The van der Waals surface area contributed by atoms with E-state index in [0.29, 0.717) is 28.7 Å². The van der Waals surface area contributed by atoms with E-state index < -0.39 is 0 Å². The summed E-state index contributed by atoms with van der Waals surface area (Å²) in [4.78, 5) is 27.8. The maximum atomic E-state index is 12.8. The maximum absolute atomic E-state index is 12.8. The first-order chi connectivity index (χ1) is 11.6. The van der Waals surface area contributed by atoms with Gasteiger partial charge in [-0.2, -0.15) is 0 Å². The summed E-state index contributed by atoms with van der Waals surface area (Å²) in [5, 5.41) is 3.17. The number of nitrogens with one attached hydrogen (secondary N) is 2. The van der Waals surface area contributed by atoms with E-state index in [-0.39, 0.29) is 16.2 Å². The van der Waals surface area contributed by atoms with Gasteiger partial charge in [0.1, 0.15) is 0 Å². The highest BCUT2D eigenvalue weighted by Crippen LogP contribution is 2.13. The number of hydrogen-bond acceptors (Lipinski definition) is 3. The van der Waals surface area contributed by atoms with Gasteiger partial charge in [-0.05, 0) is 42.5 Å². The van der Waals surface area contributed by atoms with Crippen LogP contribution in [0.15, 0.2) is 66.0 Å². The smallest absolute Gasteiger partial charge is 0.266 e. The van der Waals surface area contributed by atoms with E-state index in [1.807, 2.05) is 30.3 Å². The van der Waals surface area contributed by atoms with Gasteiger partial charge in [-0.1, -0.05) is 24.3 Å². The van der Waals surface area contributed by atoms with Gasteiger partial charge in [0.2, 0.25) is 0 Å². The molecule has 6 heteroatoms. The van der Waals surface area contributed by atoms with Crippen molar-refractivity contribution in [3.63, 3.8) is 0 Å². The Bertz CT molecular complexity index is 1040. The minimum atomic E-state index is -0.233. The largest absolute Gasteiger partial charge is 0.349 e. The Hall–Kier alpha value is -2.99. The number of H-pyrrole nitrogens is 1. The number of amides is 1. The van der Waals surface area contributed by atoms with Gasteiger partial charge in [-0.15, -0.1) is 6.58 Å². The van der Waals surface area contributed by atoms with Gasteiger partial charge < -0.3 is 10.3 Å². The number of aromatic amines is 1. The molecule has 0 fully saturated rings. The molecular formula is C18H15N3O2S. The zero-order valence-corrected chi connectivity index (χ0v) is 13.6. The van der Waals surface area contributed by atoms with E-state index in [1.165, 1.54) is 4.57 Å². The lowest BCUT2D eigenvalue weighted by Gasteiger charge is -2.09. The molecule has 0 aliphatic carbocycles. The fourth-order valence-corrected chi connectivity index (χ4v) is 2.74. The molecule has 0 saturated carbocycles. The van der Waals surface area contributed by atoms with E-state index in [1.54, 1.807) is 24.3 Å². The molecule has 1 heterocycles. The first kappa shape index (κ1) is 15.9. The molecule has 3 rings (SSSR count). The molecule has 120 valence electrons. The summed E-state index contributed by atoms with van der Waals surface area (Å²) in [7, 11) is 0. The van der Waals surface area contributed by atoms with Crippen LogP contribution in [0, 0.1) is 4.77 Å². The summed E-state index contributed by atoms with van der Waals surface area (Å²) in [5.41, 5.74) is 1.45. The second-order valence-electron chi connectivity index (χ2n) is 5.17. The van der Waals surface area contributed by atoms with Crippen molar-refractivity contribution in [2.75, 3.05) is 6.54 Å². The van der Waals surface area contributed by atoms with Gasteiger partial charge in [0.25, 0.3) is 11.5 Å². The Balaban J connectivity index is 2.15. The highest BCUT2D eigenvalue weighted by Gasteiger charge is 2.10. The number of carbonyl (C=O) groups is 1. The van der Waals surface area contributed by atoms with Gasteiger partial charge in [-0.3, -0.25) is 14.2 Å². The molecule has 0 spiro atoms. The van der Waals surface area contributed by atoms with Crippen LogP contribution in [0.5, 0.6) is 0 Å². The van der Waals surface area contributed by atoms with E-state index in [4.69, 9.17) is 12.2 Å². The van der Waals surface area contributed by atoms with Crippen LogP contribution in [0.4, 0.5) is 0 Å². The second-order valence-corrected chi connectivity index (χ2v) is 5.55. The van der Waals surface area contributed by atoms with Crippen LogP contribution >= 0.6 is 12.2 Å². The molecule has 5 nitrogen and oxygen atoms in total. The highest BCUT2D eigenvalue weighted by atomic mass is 32.1. The summed E-state index contributed by atoms with van der Waals surface area (Å²) >= 11 is 5.32. The van der Waals surface area contributed by atoms with Crippen molar-refractivity contribution in [1.82, 2.24) is 14.9 Å². The van der Waals surface area contributed by atoms with Crippen molar-refractivity contribution in [3.8, 4) is 5.69 Å². The zero-order chi connectivity index (χ0) is 17.1. The van der Waals surface area contributed by atoms with Crippen molar-refractivity contribution in [1.29, 1.82) is 0 Å². The number of rotatable bonds is 4. The molecule has 0 unspecified atom stereocenters. The molecule has 0 saturated heterocycles. The number of fused-ring (bicyclic) bond motifs is 1. The Morgan fingerprint density at radius 3 is 2.71 bits per heavy atom. The molecule has 2 aromatic carbocycles. The number of nitrogens with zero attached hydrogens (tertiary/aromatic N) is 1. The summed E-state index contributed by atoms with van der Waals surface area (Å²) in [6.07, 6.45) is 1.60. The van der Waals surface area contributed by atoms with E-state index in [0.717, 1.165) is 0 Å². The fourth-order valence-electron chi connectivity index (χ4n) is 2.44. The fraction of sp³-hybridized carbons (Fsp3) is 0.0556. The highest BCUT2D eigenvalue weighted by molar-refractivity contribution is 7.71. The average molecular weight is 337 g/mol.